The zero-order valence-electron chi connectivity index (χ0n) is 8.72. The molecule has 0 aliphatic heterocycles. The molecule has 84 valence electrons. The van der Waals surface area contributed by atoms with E-state index in [1.165, 1.54) is 11.9 Å². The minimum absolute atomic E-state index is 0.294. The van der Waals surface area contributed by atoms with E-state index in [-0.39, 0.29) is 0 Å². The molecule has 0 aliphatic carbocycles. The lowest BCUT2D eigenvalue weighted by molar-refractivity contribution is 0.897. The molecule has 0 spiro atoms. The van der Waals surface area contributed by atoms with Gasteiger partial charge in [0.1, 0.15) is 12.0 Å². The van der Waals surface area contributed by atoms with Gasteiger partial charge in [-0.05, 0) is 22.4 Å². The van der Waals surface area contributed by atoms with Gasteiger partial charge >= 0.3 is 0 Å². The molecular formula is C10H11ClN4S. The Labute approximate surface area is 103 Å². The lowest BCUT2D eigenvalue weighted by Gasteiger charge is -2.19. The van der Waals surface area contributed by atoms with Gasteiger partial charge in [-0.3, -0.25) is 0 Å². The Morgan fingerprint density at radius 1 is 1.50 bits per heavy atom. The number of hydrogen-bond acceptors (Lipinski definition) is 5. The average molecular weight is 255 g/mol. The van der Waals surface area contributed by atoms with Crippen LogP contribution in [0.5, 0.6) is 0 Å². The zero-order chi connectivity index (χ0) is 11.5. The molecule has 0 unspecified atom stereocenters. The predicted octanol–water partition coefficient (Wildman–Crippen LogP) is 2.41. The maximum atomic E-state index is 5.84. The highest BCUT2D eigenvalue weighted by atomic mass is 35.5. The van der Waals surface area contributed by atoms with Crippen molar-refractivity contribution in [2.24, 2.45) is 0 Å². The van der Waals surface area contributed by atoms with Gasteiger partial charge in [0, 0.05) is 13.6 Å². The fraction of sp³-hybridized carbons (Fsp3) is 0.200. The summed E-state index contributed by atoms with van der Waals surface area (Å²) in [7, 11) is 1.92. The number of nitrogens with two attached hydrogens (primary N) is 1. The predicted molar refractivity (Wildman–Crippen MR) is 67.9 cm³/mol. The highest BCUT2D eigenvalue weighted by molar-refractivity contribution is 7.07. The summed E-state index contributed by atoms with van der Waals surface area (Å²) in [6.45, 7) is 0.751. The molecule has 0 bridgehead atoms. The summed E-state index contributed by atoms with van der Waals surface area (Å²) >= 11 is 7.51. The summed E-state index contributed by atoms with van der Waals surface area (Å²) in [5.41, 5.74) is 7.46. The van der Waals surface area contributed by atoms with Crippen molar-refractivity contribution in [1.82, 2.24) is 9.97 Å². The lowest BCUT2D eigenvalue weighted by atomic mass is 10.3. The number of hydrogen-bond donors (Lipinski definition) is 1. The van der Waals surface area contributed by atoms with Gasteiger partial charge in [-0.2, -0.15) is 11.3 Å². The molecule has 2 rings (SSSR count). The molecule has 0 fully saturated rings. The second kappa shape index (κ2) is 4.67. The van der Waals surface area contributed by atoms with Crippen LogP contribution in [0, 0.1) is 0 Å². The number of aromatic nitrogens is 2. The molecule has 0 saturated carbocycles. The van der Waals surface area contributed by atoms with Gasteiger partial charge < -0.3 is 10.6 Å². The molecule has 0 radical (unpaired) electrons. The molecule has 2 heterocycles. The number of nitrogen functional groups attached to an aromatic ring is 1. The number of anilines is 2. The van der Waals surface area contributed by atoms with Crippen LogP contribution in [-0.4, -0.2) is 17.0 Å². The van der Waals surface area contributed by atoms with Crippen LogP contribution in [0.1, 0.15) is 5.56 Å². The van der Waals surface area contributed by atoms with Crippen LogP contribution in [0.15, 0.2) is 23.2 Å². The summed E-state index contributed by atoms with van der Waals surface area (Å²) in [5, 5.41) is 4.43. The Morgan fingerprint density at radius 3 is 3.00 bits per heavy atom. The maximum absolute atomic E-state index is 5.84. The van der Waals surface area contributed by atoms with Crippen LogP contribution >= 0.6 is 22.9 Å². The van der Waals surface area contributed by atoms with Crippen LogP contribution < -0.4 is 10.6 Å². The largest absolute Gasteiger partial charge is 0.393 e. The Bertz CT molecular complexity index is 472. The van der Waals surface area contributed by atoms with Crippen LogP contribution in [0.4, 0.5) is 11.5 Å². The highest BCUT2D eigenvalue weighted by Gasteiger charge is 2.10. The molecule has 2 aromatic rings. The normalized spacial score (nSPS) is 10.4. The van der Waals surface area contributed by atoms with E-state index in [1.807, 2.05) is 17.3 Å². The molecule has 0 aliphatic rings. The van der Waals surface area contributed by atoms with Crippen molar-refractivity contribution in [2.75, 3.05) is 17.7 Å². The standard InChI is InChI=1S/C10H11ClN4S/c1-15(4-7-2-3-16-5-7)10-8(12)9(11)13-6-14-10/h2-3,5-6H,4,12H2,1H3. The molecule has 16 heavy (non-hydrogen) atoms. The van der Waals surface area contributed by atoms with Gasteiger partial charge in [0.05, 0.1) is 0 Å². The maximum Gasteiger partial charge on any atom is 0.157 e. The molecule has 6 heteroatoms. The minimum Gasteiger partial charge on any atom is -0.393 e. The third kappa shape index (κ3) is 2.25. The molecule has 0 saturated heterocycles. The van der Waals surface area contributed by atoms with E-state index in [0.29, 0.717) is 16.7 Å². The fourth-order valence-electron chi connectivity index (χ4n) is 1.40. The number of rotatable bonds is 3. The van der Waals surface area contributed by atoms with Crippen molar-refractivity contribution in [3.8, 4) is 0 Å². The van der Waals surface area contributed by atoms with Gasteiger partial charge in [0.25, 0.3) is 0 Å². The van der Waals surface area contributed by atoms with E-state index in [2.05, 4.69) is 21.4 Å². The van der Waals surface area contributed by atoms with Gasteiger partial charge in [-0.25, -0.2) is 9.97 Å². The third-order valence-electron chi connectivity index (χ3n) is 2.18. The van der Waals surface area contributed by atoms with E-state index in [0.717, 1.165) is 6.54 Å². The molecule has 2 N–H and O–H groups in total. The summed E-state index contributed by atoms with van der Waals surface area (Å²) in [5.74, 6) is 0.659. The second-order valence-corrected chi connectivity index (χ2v) is 4.53. The number of nitrogens with zero attached hydrogens (tertiary/aromatic N) is 3. The van der Waals surface area contributed by atoms with E-state index in [1.54, 1.807) is 11.3 Å². The van der Waals surface area contributed by atoms with Crippen LogP contribution in [-0.2, 0) is 6.54 Å². The van der Waals surface area contributed by atoms with Crippen molar-refractivity contribution >= 4 is 34.4 Å². The zero-order valence-corrected chi connectivity index (χ0v) is 10.3. The van der Waals surface area contributed by atoms with Gasteiger partial charge in [0.15, 0.2) is 11.0 Å². The second-order valence-electron chi connectivity index (χ2n) is 3.39. The Balaban J connectivity index is 2.21. The lowest BCUT2D eigenvalue weighted by Crippen LogP contribution is -2.19. The van der Waals surface area contributed by atoms with E-state index < -0.39 is 0 Å². The first-order valence-corrected chi connectivity index (χ1v) is 5.98. The van der Waals surface area contributed by atoms with E-state index >= 15 is 0 Å². The van der Waals surface area contributed by atoms with Crippen molar-refractivity contribution in [3.63, 3.8) is 0 Å². The van der Waals surface area contributed by atoms with Crippen molar-refractivity contribution in [3.05, 3.63) is 33.9 Å². The Morgan fingerprint density at radius 2 is 2.31 bits per heavy atom. The first-order chi connectivity index (χ1) is 7.68. The first kappa shape index (κ1) is 11.2. The van der Waals surface area contributed by atoms with Crippen molar-refractivity contribution in [2.45, 2.75) is 6.54 Å². The van der Waals surface area contributed by atoms with Crippen LogP contribution in [0.2, 0.25) is 5.15 Å². The van der Waals surface area contributed by atoms with Crippen molar-refractivity contribution in [1.29, 1.82) is 0 Å². The SMILES string of the molecule is CN(Cc1ccsc1)c1ncnc(Cl)c1N. The smallest absolute Gasteiger partial charge is 0.157 e. The van der Waals surface area contributed by atoms with Crippen molar-refractivity contribution < 1.29 is 0 Å². The van der Waals surface area contributed by atoms with Gasteiger partial charge in [0.2, 0.25) is 0 Å². The summed E-state index contributed by atoms with van der Waals surface area (Å²) in [4.78, 5) is 9.90. The molecule has 0 atom stereocenters. The number of halogens is 1. The fourth-order valence-corrected chi connectivity index (χ4v) is 2.19. The van der Waals surface area contributed by atoms with Crippen LogP contribution in [0.25, 0.3) is 0 Å². The molecule has 0 aromatic carbocycles. The molecule has 2 aromatic heterocycles. The third-order valence-corrected chi connectivity index (χ3v) is 3.21. The van der Waals surface area contributed by atoms with Crippen LogP contribution in [0.3, 0.4) is 0 Å². The highest BCUT2D eigenvalue weighted by Crippen LogP contribution is 2.25. The molecule has 0 amide bonds. The Kier molecular flexibility index (Phi) is 3.26. The Hall–Kier alpha value is -1.33. The average Bonchev–Trinajstić information content (AvgIpc) is 2.74. The summed E-state index contributed by atoms with van der Waals surface area (Å²) in [6.07, 6.45) is 1.41. The van der Waals surface area contributed by atoms with Gasteiger partial charge in [-0.15, -0.1) is 0 Å². The molecular weight excluding hydrogens is 244 g/mol. The monoisotopic (exact) mass is 254 g/mol. The topological polar surface area (TPSA) is 55.0 Å². The number of thiophene rings is 1. The summed E-state index contributed by atoms with van der Waals surface area (Å²) in [6, 6.07) is 2.07. The van der Waals surface area contributed by atoms with E-state index in [9.17, 15) is 0 Å². The quantitative estimate of drug-likeness (QED) is 0.855. The molecule has 4 nitrogen and oxygen atoms in total. The minimum atomic E-state index is 0.294. The summed E-state index contributed by atoms with van der Waals surface area (Å²) < 4.78 is 0. The van der Waals surface area contributed by atoms with E-state index in [4.69, 9.17) is 17.3 Å². The van der Waals surface area contributed by atoms with Gasteiger partial charge in [-0.1, -0.05) is 11.6 Å². The first-order valence-electron chi connectivity index (χ1n) is 4.66.